The molecule has 15 heteroatoms. The molecule has 0 bridgehead atoms. The fourth-order valence-corrected chi connectivity index (χ4v) is 4.49. The van der Waals surface area contributed by atoms with Crippen molar-refractivity contribution in [1.29, 1.82) is 0 Å². The zero-order valence-electron chi connectivity index (χ0n) is 20.0. The van der Waals surface area contributed by atoms with E-state index in [9.17, 15) is 41.3 Å². The van der Waals surface area contributed by atoms with Gasteiger partial charge < -0.3 is 5.32 Å². The van der Waals surface area contributed by atoms with Gasteiger partial charge in [0, 0.05) is 29.1 Å². The monoisotopic (exact) mass is 581 g/mol. The number of hydrogen-bond acceptors (Lipinski definition) is 6. The van der Waals surface area contributed by atoms with Crippen molar-refractivity contribution >= 4 is 23.4 Å². The zero-order chi connectivity index (χ0) is 29.1. The molecular formula is C25H17F6N5O3S. The van der Waals surface area contributed by atoms with Gasteiger partial charge in [-0.3, -0.25) is 19.5 Å². The Labute approximate surface area is 226 Å². The van der Waals surface area contributed by atoms with Gasteiger partial charge in [-0.1, -0.05) is 42.1 Å². The molecule has 1 aromatic heterocycles. The van der Waals surface area contributed by atoms with Crippen LogP contribution in [0.3, 0.4) is 0 Å². The summed E-state index contributed by atoms with van der Waals surface area (Å²) < 4.78 is 80.7. The van der Waals surface area contributed by atoms with E-state index in [0.717, 1.165) is 5.56 Å². The van der Waals surface area contributed by atoms with Gasteiger partial charge in [0.25, 0.3) is 11.6 Å². The first-order chi connectivity index (χ1) is 18.8. The average molecular weight is 581 g/mol. The summed E-state index contributed by atoms with van der Waals surface area (Å²) in [7, 11) is 0. The predicted molar refractivity (Wildman–Crippen MR) is 132 cm³/mol. The third-order valence-corrected chi connectivity index (χ3v) is 6.49. The molecule has 0 aliphatic carbocycles. The fraction of sp³-hybridized carbons (Fsp3) is 0.160. The lowest BCUT2D eigenvalue weighted by Gasteiger charge is -2.14. The second kappa shape index (κ2) is 11.4. The van der Waals surface area contributed by atoms with E-state index in [1.807, 2.05) is 30.3 Å². The largest absolute Gasteiger partial charge is 0.416 e. The molecule has 0 aliphatic rings. The molecule has 3 aromatic carbocycles. The zero-order valence-corrected chi connectivity index (χ0v) is 20.8. The number of nitrogens with one attached hydrogen (secondary N) is 1. The smallest absolute Gasteiger partial charge is 0.345 e. The molecule has 0 spiro atoms. The Morgan fingerprint density at radius 2 is 1.50 bits per heavy atom. The van der Waals surface area contributed by atoms with Gasteiger partial charge in [0.15, 0.2) is 11.0 Å². The van der Waals surface area contributed by atoms with E-state index < -0.39 is 46.4 Å². The molecule has 208 valence electrons. The highest BCUT2D eigenvalue weighted by Crippen LogP contribution is 2.36. The van der Waals surface area contributed by atoms with Crippen molar-refractivity contribution in [3.8, 4) is 5.69 Å². The molecule has 0 radical (unpaired) electrons. The molecule has 0 saturated carbocycles. The number of non-ortho nitro benzene ring substituents is 1. The van der Waals surface area contributed by atoms with E-state index in [0.29, 0.717) is 28.7 Å². The first-order valence-corrected chi connectivity index (χ1v) is 12.2. The van der Waals surface area contributed by atoms with Gasteiger partial charge in [-0.05, 0) is 35.9 Å². The molecule has 0 fully saturated rings. The van der Waals surface area contributed by atoms with Gasteiger partial charge >= 0.3 is 12.4 Å². The molecule has 0 unspecified atom stereocenters. The number of carbonyl (C=O) groups is 1. The maximum Gasteiger partial charge on any atom is 0.416 e. The Kier molecular flexibility index (Phi) is 8.13. The number of nitro benzene ring substituents is 1. The van der Waals surface area contributed by atoms with E-state index in [2.05, 4.69) is 15.5 Å². The van der Waals surface area contributed by atoms with Gasteiger partial charge in [-0.2, -0.15) is 26.3 Å². The number of benzene rings is 3. The highest BCUT2D eigenvalue weighted by molar-refractivity contribution is 7.98. The first-order valence-electron chi connectivity index (χ1n) is 11.3. The number of rotatable bonds is 8. The van der Waals surface area contributed by atoms with Crippen LogP contribution in [0, 0.1) is 10.1 Å². The lowest BCUT2D eigenvalue weighted by Crippen LogP contribution is -2.26. The molecule has 0 saturated heterocycles. The molecule has 1 heterocycles. The van der Waals surface area contributed by atoms with Crippen LogP contribution in [0.2, 0.25) is 0 Å². The van der Waals surface area contributed by atoms with Gasteiger partial charge in [0.05, 0.1) is 22.6 Å². The minimum absolute atomic E-state index is 0.0712. The van der Waals surface area contributed by atoms with Crippen molar-refractivity contribution in [2.24, 2.45) is 0 Å². The van der Waals surface area contributed by atoms with Gasteiger partial charge in [-0.25, -0.2) is 0 Å². The number of carbonyl (C=O) groups excluding carboxylic acids is 1. The van der Waals surface area contributed by atoms with Crippen molar-refractivity contribution < 1.29 is 36.1 Å². The number of alkyl halides is 6. The Balaban J connectivity index is 1.63. The molecule has 4 rings (SSSR count). The summed E-state index contributed by atoms with van der Waals surface area (Å²) in [5.74, 6) is -0.655. The van der Waals surface area contributed by atoms with Crippen molar-refractivity contribution in [1.82, 2.24) is 20.1 Å². The third-order valence-electron chi connectivity index (χ3n) is 5.49. The number of nitrogens with zero attached hydrogens (tertiary/aromatic N) is 4. The van der Waals surface area contributed by atoms with Gasteiger partial charge in [0.2, 0.25) is 0 Å². The highest BCUT2D eigenvalue weighted by atomic mass is 32.2. The first kappa shape index (κ1) is 28.6. The number of thioether (sulfide) groups is 1. The van der Waals surface area contributed by atoms with Crippen LogP contribution in [-0.4, -0.2) is 25.6 Å². The average Bonchev–Trinajstić information content (AvgIpc) is 3.32. The normalized spacial score (nSPS) is 11.8. The summed E-state index contributed by atoms with van der Waals surface area (Å²) in [6.07, 6.45) is -10.2. The van der Waals surface area contributed by atoms with Gasteiger partial charge in [0.1, 0.15) is 0 Å². The molecule has 8 nitrogen and oxygen atoms in total. The lowest BCUT2D eigenvalue weighted by atomic mass is 10.0. The third kappa shape index (κ3) is 6.77. The van der Waals surface area contributed by atoms with E-state index in [4.69, 9.17) is 0 Å². The minimum atomic E-state index is -5.11. The molecule has 4 aromatic rings. The Morgan fingerprint density at radius 1 is 0.900 bits per heavy atom. The van der Waals surface area contributed by atoms with Crippen LogP contribution in [0.15, 0.2) is 78.0 Å². The van der Waals surface area contributed by atoms with E-state index in [1.165, 1.54) is 40.6 Å². The van der Waals surface area contributed by atoms with Crippen LogP contribution < -0.4 is 5.32 Å². The van der Waals surface area contributed by atoms with Crippen LogP contribution in [-0.2, 0) is 24.7 Å². The molecule has 40 heavy (non-hydrogen) atoms. The van der Waals surface area contributed by atoms with Crippen molar-refractivity contribution in [2.45, 2.75) is 29.8 Å². The van der Waals surface area contributed by atoms with E-state index >= 15 is 0 Å². The maximum atomic E-state index is 13.2. The fourth-order valence-electron chi connectivity index (χ4n) is 3.56. The van der Waals surface area contributed by atoms with Crippen LogP contribution in [0.5, 0.6) is 0 Å². The predicted octanol–water partition coefficient (Wildman–Crippen LogP) is 6.44. The quantitative estimate of drug-likeness (QED) is 0.111. The number of hydrogen-bond donors (Lipinski definition) is 1. The number of amides is 1. The van der Waals surface area contributed by atoms with Gasteiger partial charge in [-0.15, -0.1) is 10.2 Å². The van der Waals surface area contributed by atoms with Crippen LogP contribution in [0.25, 0.3) is 5.69 Å². The van der Waals surface area contributed by atoms with E-state index in [1.54, 1.807) is 0 Å². The highest BCUT2D eigenvalue weighted by Gasteiger charge is 2.37. The standard InChI is InChI=1S/C25H17F6N5O3S/c26-24(27,28)17-10-16(11-18(12-17)25(29,30)31)22(37)32-13-21-33-34-23(40-14-15-4-2-1-3-5-15)35(21)19-6-8-20(9-7-19)36(38)39/h1-12H,13-14H2,(H,32,37). The van der Waals surface area contributed by atoms with Crippen molar-refractivity contribution in [3.63, 3.8) is 0 Å². The summed E-state index contributed by atoms with van der Waals surface area (Å²) in [6, 6.07) is 15.2. The van der Waals surface area contributed by atoms with Crippen molar-refractivity contribution in [3.05, 3.63) is 111 Å². The molecule has 1 N–H and O–H groups in total. The Hall–Kier alpha value is -4.40. The Bertz CT molecular complexity index is 1490. The van der Waals surface area contributed by atoms with Crippen LogP contribution in [0.1, 0.15) is 32.9 Å². The Morgan fingerprint density at radius 3 is 2.05 bits per heavy atom. The van der Waals surface area contributed by atoms with E-state index in [-0.39, 0.29) is 17.6 Å². The van der Waals surface area contributed by atoms with Crippen LogP contribution >= 0.6 is 11.8 Å². The topological polar surface area (TPSA) is 103 Å². The summed E-state index contributed by atoms with van der Waals surface area (Å²) in [5.41, 5.74) is -2.95. The summed E-state index contributed by atoms with van der Waals surface area (Å²) in [6.45, 7) is -0.424. The minimum Gasteiger partial charge on any atom is -0.345 e. The number of halogens is 6. The summed E-state index contributed by atoms with van der Waals surface area (Å²) in [4.78, 5) is 23.1. The molecule has 1 amide bonds. The lowest BCUT2D eigenvalue weighted by molar-refractivity contribution is -0.384. The SMILES string of the molecule is O=C(NCc1nnc(SCc2ccccc2)n1-c1ccc([N+](=O)[O-])cc1)c1cc(C(F)(F)F)cc(C(F)(F)F)c1. The molecular weight excluding hydrogens is 564 g/mol. The number of nitro groups is 1. The maximum absolute atomic E-state index is 13.2. The second-order valence-electron chi connectivity index (χ2n) is 8.26. The second-order valence-corrected chi connectivity index (χ2v) is 9.20. The molecule has 0 atom stereocenters. The summed E-state index contributed by atoms with van der Waals surface area (Å²) >= 11 is 1.26. The molecule has 0 aliphatic heterocycles. The summed E-state index contributed by atoms with van der Waals surface area (Å²) in [5, 5.41) is 21.8. The van der Waals surface area contributed by atoms with Crippen molar-refractivity contribution in [2.75, 3.05) is 0 Å². The number of aromatic nitrogens is 3. The van der Waals surface area contributed by atoms with Crippen LogP contribution in [0.4, 0.5) is 32.0 Å².